The Balaban J connectivity index is 0.000000204. The average Bonchev–Trinajstić information content (AvgIpc) is 3.56. The Morgan fingerprint density at radius 1 is 0.929 bits per heavy atom. The van der Waals surface area contributed by atoms with Crippen molar-refractivity contribution in [3.8, 4) is 24.1 Å². The topological polar surface area (TPSA) is 83.2 Å². The monoisotopic (exact) mass is 722 g/mol. The molecule has 0 spiro atoms. The third-order valence-electron chi connectivity index (χ3n) is 9.68. The van der Waals surface area contributed by atoms with Crippen molar-refractivity contribution in [1.82, 2.24) is 9.55 Å². The molecule has 0 unspecified atom stereocenters. The van der Waals surface area contributed by atoms with Crippen LogP contribution in [0.4, 0.5) is 11.5 Å². The number of hydrogen-bond donors (Lipinski definition) is 1. The van der Waals surface area contributed by atoms with E-state index in [0.29, 0.717) is 29.2 Å². The van der Waals surface area contributed by atoms with Gasteiger partial charge in [0.15, 0.2) is 0 Å². The van der Waals surface area contributed by atoms with Gasteiger partial charge in [-0.3, -0.25) is 4.90 Å². The Kier molecular flexibility index (Phi) is 11.0. The van der Waals surface area contributed by atoms with Crippen molar-refractivity contribution in [3.05, 3.63) is 202 Å². The summed E-state index contributed by atoms with van der Waals surface area (Å²) in [5.41, 5.74) is 16.7. The number of aryl methyl sites for hydroxylation is 1. The van der Waals surface area contributed by atoms with E-state index in [4.69, 9.17) is 22.4 Å². The summed E-state index contributed by atoms with van der Waals surface area (Å²) in [5, 5.41) is 12.4. The molecule has 0 saturated carbocycles. The maximum absolute atomic E-state index is 8.92. The van der Waals surface area contributed by atoms with Crippen LogP contribution in [0.2, 0.25) is 0 Å². The van der Waals surface area contributed by atoms with E-state index in [9.17, 15) is 0 Å². The first kappa shape index (κ1) is 36.9. The van der Waals surface area contributed by atoms with Crippen LogP contribution in [0.25, 0.3) is 34.4 Å². The fraction of sp³-hybridized carbons (Fsp3) is 0.0612. The van der Waals surface area contributed by atoms with Crippen molar-refractivity contribution >= 4 is 52.9 Å². The fourth-order valence-corrected chi connectivity index (χ4v) is 6.89. The molecule has 7 aromatic rings. The van der Waals surface area contributed by atoms with Gasteiger partial charge in [-0.2, -0.15) is 0 Å². The van der Waals surface area contributed by atoms with Gasteiger partial charge < -0.3 is 10.3 Å². The summed E-state index contributed by atoms with van der Waals surface area (Å²) in [5.74, 6) is 5.34. The number of nitrogens with zero attached hydrogens (tertiary/aromatic N) is 5. The first-order valence-electron chi connectivity index (χ1n) is 18.3. The molecule has 6 nitrogen and oxygen atoms in total. The van der Waals surface area contributed by atoms with E-state index in [2.05, 4.69) is 138 Å². The molecule has 56 heavy (non-hydrogen) atoms. The Morgan fingerprint density at radius 2 is 1.70 bits per heavy atom. The number of hydrogen-bond acceptors (Lipinski definition) is 5. The number of para-hydroxylation sites is 3. The number of nitriles is 1. The Hall–Kier alpha value is -7.48. The molecular formula is C49H39BN6. The van der Waals surface area contributed by atoms with Crippen LogP contribution in [0.5, 0.6) is 0 Å². The Bertz CT molecular complexity index is 2850. The second kappa shape index (κ2) is 16.7. The van der Waals surface area contributed by atoms with Gasteiger partial charge in [0.2, 0.25) is 0 Å². The molecule has 0 atom stereocenters. The number of benzene rings is 4. The van der Waals surface area contributed by atoms with Crippen LogP contribution in [0, 0.1) is 30.6 Å². The first-order valence-corrected chi connectivity index (χ1v) is 18.3. The van der Waals surface area contributed by atoms with E-state index in [1.165, 1.54) is 16.5 Å². The number of allylic oxidation sites excluding steroid dienone is 1. The predicted molar refractivity (Wildman–Crippen MR) is 233 cm³/mol. The molecule has 3 aromatic heterocycles. The summed E-state index contributed by atoms with van der Waals surface area (Å²) in [6, 6.07) is 46.6. The van der Waals surface area contributed by atoms with E-state index >= 15 is 0 Å². The number of aliphatic imine (C=N–C) groups is 1. The summed E-state index contributed by atoms with van der Waals surface area (Å²) in [6.45, 7) is 13.0. The minimum absolute atomic E-state index is 0.436. The van der Waals surface area contributed by atoms with Gasteiger partial charge in [-0.1, -0.05) is 79.9 Å². The molecule has 4 aromatic carbocycles. The van der Waals surface area contributed by atoms with Crippen LogP contribution in [0.3, 0.4) is 0 Å². The summed E-state index contributed by atoms with van der Waals surface area (Å²) < 4.78 is 2.34. The predicted octanol–water partition coefficient (Wildman–Crippen LogP) is 8.25. The van der Waals surface area contributed by atoms with Crippen molar-refractivity contribution < 1.29 is 0 Å². The number of aromatic nitrogens is 2. The van der Waals surface area contributed by atoms with Gasteiger partial charge in [0, 0.05) is 22.0 Å². The first-order chi connectivity index (χ1) is 27.4. The summed E-state index contributed by atoms with van der Waals surface area (Å²) in [4.78, 5) is 11.4. The van der Waals surface area contributed by atoms with Crippen molar-refractivity contribution in [3.63, 3.8) is 0 Å². The van der Waals surface area contributed by atoms with Gasteiger partial charge >= 0.3 is 119 Å². The molecule has 0 bridgehead atoms. The number of fused-ring (bicyclic) bond motifs is 4. The standard InChI is InChI=1S/C32H26N4.C17H13BN2/c1-22-21-27-26-14-7-9-17-30(26)36(25-12-4-3-5-13-25)31(27)20-19-24-11-6-8-16-29(24)35(22)32-18-10-15-28(34-32)23(2)33;1-3-17(15-8-4-7-14(10-15)11-19)20-12-16-13(2)6-5-9-18-16/h3-18,20-21H,1-2,19,33H2;1,4-10H,12H2,2H3/b27-21-,31-20+;. The Morgan fingerprint density at radius 3 is 2.48 bits per heavy atom. The van der Waals surface area contributed by atoms with E-state index in [1.54, 1.807) is 12.1 Å². The van der Waals surface area contributed by atoms with E-state index in [1.807, 2.05) is 55.3 Å². The number of pyridine rings is 1. The third kappa shape index (κ3) is 7.75. The van der Waals surface area contributed by atoms with Crippen molar-refractivity contribution in [2.45, 2.75) is 19.9 Å². The third-order valence-corrected chi connectivity index (χ3v) is 9.68. The van der Waals surface area contributed by atoms with E-state index < -0.39 is 0 Å². The van der Waals surface area contributed by atoms with Gasteiger partial charge in [0.1, 0.15) is 5.82 Å². The van der Waals surface area contributed by atoms with Crippen LogP contribution in [0.15, 0.2) is 163 Å². The molecule has 0 saturated heterocycles. The van der Waals surface area contributed by atoms with E-state index in [0.717, 1.165) is 56.4 Å². The summed E-state index contributed by atoms with van der Waals surface area (Å²) in [7, 11) is 0. The van der Waals surface area contributed by atoms with Gasteiger partial charge in [-0.25, -0.2) is 4.98 Å². The van der Waals surface area contributed by atoms with Crippen molar-refractivity contribution in [2.75, 3.05) is 4.90 Å². The quantitative estimate of drug-likeness (QED) is 0.139. The Labute approximate surface area is 328 Å². The molecular weight excluding hydrogens is 683 g/mol. The second-order valence-electron chi connectivity index (χ2n) is 13.3. The van der Waals surface area contributed by atoms with Gasteiger partial charge in [0.05, 0.1) is 27.9 Å². The molecule has 0 aliphatic carbocycles. The SMILES string of the molecule is C#CC(=NCc1bcccc1C)c1cccc(C#N)c1.C=C(N)c1cccc(N2C(=C)/C=c3\c(n(-c4ccccc4)c4ccccc34)=C/Cc3ccccc32)n1. The average molecular weight is 723 g/mol. The van der Waals surface area contributed by atoms with Crippen LogP contribution in [0.1, 0.15) is 33.4 Å². The fourth-order valence-electron chi connectivity index (χ4n) is 6.89. The zero-order valence-electron chi connectivity index (χ0n) is 31.2. The molecule has 4 heterocycles. The molecule has 0 fully saturated rings. The minimum atomic E-state index is 0.436. The summed E-state index contributed by atoms with van der Waals surface area (Å²) in [6.07, 6.45) is 10.8. The van der Waals surface area contributed by atoms with Gasteiger partial charge in [-0.05, 0) is 54.5 Å². The smallest absolute Gasteiger partial charge is 0.138 e. The maximum atomic E-state index is 8.92. The molecule has 8 rings (SSSR count). The number of nitrogens with two attached hydrogens (primary N) is 1. The molecule has 268 valence electrons. The normalized spacial score (nSPS) is 13.3. The van der Waals surface area contributed by atoms with Crippen molar-refractivity contribution in [2.24, 2.45) is 10.7 Å². The van der Waals surface area contributed by atoms with Gasteiger partial charge in [0.25, 0.3) is 0 Å². The molecule has 0 radical (unpaired) electrons. The molecule has 7 heteroatoms. The van der Waals surface area contributed by atoms with Gasteiger partial charge in [-0.15, -0.1) is 0 Å². The second-order valence-corrected chi connectivity index (χ2v) is 13.3. The van der Waals surface area contributed by atoms with E-state index in [-0.39, 0.29) is 0 Å². The largest absolute Gasteiger partial charge is 0.397 e. The maximum Gasteiger partial charge on any atom is 0.138 e. The summed E-state index contributed by atoms with van der Waals surface area (Å²) >= 11 is 0. The number of rotatable bonds is 6. The molecule has 0 amide bonds. The number of anilines is 2. The van der Waals surface area contributed by atoms with Crippen LogP contribution < -0.4 is 21.2 Å². The number of terminal acetylenes is 1. The van der Waals surface area contributed by atoms with Crippen LogP contribution in [-0.2, 0) is 13.0 Å². The zero-order valence-corrected chi connectivity index (χ0v) is 31.2. The minimum Gasteiger partial charge on any atom is -0.397 e. The molecule has 1 aliphatic rings. The van der Waals surface area contributed by atoms with Crippen molar-refractivity contribution in [1.29, 1.82) is 5.26 Å². The van der Waals surface area contributed by atoms with Crippen LogP contribution in [-0.4, -0.2) is 22.2 Å². The molecule has 1 aliphatic heterocycles. The zero-order chi connectivity index (χ0) is 39.0. The van der Waals surface area contributed by atoms with Crippen LogP contribution >= 0.6 is 0 Å². The molecule has 2 N–H and O–H groups in total.